The lowest BCUT2D eigenvalue weighted by Gasteiger charge is -2.25. The van der Waals surface area contributed by atoms with E-state index in [0.29, 0.717) is 6.04 Å². The van der Waals surface area contributed by atoms with Crippen LogP contribution in [0.4, 0.5) is 0 Å². The highest BCUT2D eigenvalue weighted by atomic mass is 16.5. The van der Waals surface area contributed by atoms with Crippen molar-refractivity contribution in [3.8, 4) is 0 Å². The standard InChI is InChI=1S/C12H24N4O/c1-17-8-2-7-14-12(15-13)16(11-5-6-11)9-10-3-4-10/h10-11H,2-9,13H2,1H3,(H,14,15). The summed E-state index contributed by atoms with van der Waals surface area (Å²) in [6.07, 6.45) is 6.25. The van der Waals surface area contributed by atoms with E-state index in [1.165, 1.54) is 25.7 Å². The molecule has 3 N–H and O–H groups in total. The van der Waals surface area contributed by atoms with Crippen LogP contribution >= 0.6 is 0 Å². The Kier molecular flexibility index (Phi) is 4.62. The van der Waals surface area contributed by atoms with Gasteiger partial charge in [0.05, 0.1) is 0 Å². The molecule has 0 aliphatic heterocycles. The van der Waals surface area contributed by atoms with Crippen molar-refractivity contribution in [3.63, 3.8) is 0 Å². The second kappa shape index (κ2) is 6.21. The molecule has 0 radical (unpaired) electrons. The Bertz CT molecular complexity index is 261. The maximum atomic E-state index is 5.60. The molecule has 98 valence electrons. The number of hydrogen-bond donors (Lipinski definition) is 2. The Hall–Kier alpha value is -0.810. The minimum absolute atomic E-state index is 0.674. The van der Waals surface area contributed by atoms with Gasteiger partial charge in [0.1, 0.15) is 0 Å². The van der Waals surface area contributed by atoms with E-state index < -0.39 is 0 Å². The van der Waals surface area contributed by atoms with Gasteiger partial charge in [0.15, 0.2) is 0 Å². The zero-order valence-corrected chi connectivity index (χ0v) is 10.7. The third-order valence-electron chi connectivity index (χ3n) is 3.31. The van der Waals surface area contributed by atoms with Gasteiger partial charge in [-0.15, -0.1) is 0 Å². The molecule has 0 bridgehead atoms. The Morgan fingerprint density at radius 1 is 1.41 bits per heavy atom. The summed E-state index contributed by atoms with van der Waals surface area (Å²) in [6, 6.07) is 0.674. The maximum Gasteiger partial charge on any atom is 0.208 e. The first kappa shape index (κ1) is 12.6. The Labute approximate surface area is 103 Å². The van der Waals surface area contributed by atoms with Crippen LogP contribution in [-0.4, -0.2) is 43.7 Å². The average molecular weight is 240 g/mol. The molecule has 0 spiro atoms. The third-order valence-corrected chi connectivity index (χ3v) is 3.31. The number of ether oxygens (including phenoxy) is 1. The molecule has 0 atom stereocenters. The molecule has 0 amide bonds. The third kappa shape index (κ3) is 4.16. The van der Waals surface area contributed by atoms with Gasteiger partial charge < -0.3 is 9.64 Å². The lowest BCUT2D eigenvalue weighted by Crippen LogP contribution is -2.47. The molecular weight excluding hydrogens is 216 g/mol. The molecule has 2 aliphatic rings. The van der Waals surface area contributed by atoms with Gasteiger partial charge in [0.25, 0.3) is 0 Å². The van der Waals surface area contributed by atoms with Gasteiger partial charge in [0.2, 0.25) is 5.96 Å². The minimum Gasteiger partial charge on any atom is -0.385 e. The van der Waals surface area contributed by atoms with Crippen LogP contribution < -0.4 is 11.3 Å². The van der Waals surface area contributed by atoms with E-state index in [-0.39, 0.29) is 0 Å². The fourth-order valence-electron chi connectivity index (χ4n) is 1.99. The number of guanidine groups is 1. The normalized spacial score (nSPS) is 20.5. The second-order valence-corrected chi connectivity index (χ2v) is 5.02. The topological polar surface area (TPSA) is 62.9 Å². The smallest absolute Gasteiger partial charge is 0.208 e. The zero-order chi connectivity index (χ0) is 12.1. The molecule has 0 aromatic carbocycles. The molecule has 0 unspecified atom stereocenters. The molecule has 17 heavy (non-hydrogen) atoms. The molecule has 2 saturated carbocycles. The number of hydrazine groups is 1. The summed E-state index contributed by atoms with van der Waals surface area (Å²) in [5, 5.41) is 0. The van der Waals surface area contributed by atoms with Crippen LogP contribution in [0.1, 0.15) is 32.1 Å². The Morgan fingerprint density at radius 3 is 2.71 bits per heavy atom. The first-order chi connectivity index (χ1) is 8.35. The fourth-order valence-corrected chi connectivity index (χ4v) is 1.99. The maximum absolute atomic E-state index is 5.60. The molecule has 2 fully saturated rings. The van der Waals surface area contributed by atoms with Crippen molar-refractivity contribution < 1.29 is 4.74 Å². The molecule has 2 rings (SSSR count). The van der Waals surface area contributed by atoms with Crippen LogP contribution in [0.5, 0.6) is 0 Å². The Morgan fingerprint density at radius 2 is 2.18 bits per heavy atom. The molecule has 5 heteroatoms. The summed E-state index contributed by atoms with van der Waals surface area (Å²) >= 11 is 0. The first-order valence-electron chi connectivity index (χ1n) is 6.61. The summed E-state index contributed by atoms with van der Waals surface area (Å²) in [6.45, 7) is 2.66. The van der Waals surface area contributed by atoms with Gasteiger partial charge in [-0.3, -0.25) is 10.4 Å². The van der Waals surface area contributed by atoms with Crippen molar-refractivity contribution in [2.45, 2.75) is 38.1 Å². The number of methoxy groups -OCH3 is 1. The van der Waals surface area contributed by atoms with Crippen LogP contribution in [0.15, 0.2) is 4.99 Å². The number of nitrogens with one attached hydrogen (secondary N) is 1. The molecule has 0 saturated heterocycles. The van der Waals surface area contributed by atoms with Crippen molar-refractivity contribution in [3.05, 3.63) is 0 Å². The predicted molar refractivity (Wildman–Crippen MR) is 68.6 cm³/mol. The van der Waals surface area contributed by atoms with Crippen LogP contribution in [0.25, 0.3) is 0 Å². The van der Waals surface area contributed by atoms with Crippen molar-refractivity contribution in [2.24, 2.45) is 16.8 Å². The van der Waals surface area contributed by atoms with E-state index in [2.05, 4.69) is 15.3 Å². The summed E-state index contributed by atoms with van der Waals surface area (Å²) in [5.41, 5.74) is 2.77. The van der Waals surface area contributed by atoms with E-state index in [1.54, 1.807) is 7.11 Å². The molecule has 0 aromatic rings. The van der Waals surface area contributed by atoms with E-state index in [1.807, 2.05) is 0 Å². The average Bonchev–Trinajstić information content (AvgIpc) is 3.18. The van der Waals surface area contributed by atoms with E-state index in [0.717, 1.165) is 38.0 Å². The van der Waals surface area contributed by atoms with Gasteiger partial charge in [-0.2, -0.15) is 0 Å². The summed E-state index contributed by atoms with van der Waals surface area (Å²) in [5.74, 6) is 7.34. The number of rotatable bonds is 7. The summed E-state index contributed by atoms with van der Waals surface area (Å²) < 4.78 is 5.02. The van der Waals surface area contributed by atoms with Crippen LogP contribution in [0, 0.1) is 5.92 Å². The van der Waals surface area contributed by atoms with Crippen LogP contribution in [0.3, 0.4) is 0 Å². The number of aliphatic imine (C=N–C) groups is 1. The number of nitrogens with two attached hydrogens (primary N) is 1. The highest BCUT2D eigenvalue weighted by Gasteiger charge is 2.35. The minimum atomic E-state index is 0.674. The van der Waals surface area contributed by atoms with E-state index >= 15 is 0 Å². The van der Waals surface area contributed by atoms with Gasteiger partial charge in [-0.1, -0.05) is 0 Å². The van der Waals surface area contributed by atoms with E-state index in [4.69, 9.17) is 10.6 Å². The largest absolute Gasteiger partial charge is 0.385 e. The quantitative estimate of drug-likeness (QED) is 0.226. The summed E-state index contributed by atoms with van der Waals surface area (Å²) in [4.78, 5) is 6.91. The van der Waals surface area contributed by atoms with Gasteiger partial charge in [-0.25, -0.2) is 5.84 Å². The highest BCUT2D eigenvalue weighted by Crippen LogP contribution is 2.34. The fraction of sp³-hybridized carbons (Fsp3) is 0.917. The molecule has 0 aromatic heterocycles. The molecular formula is C12H24N4O. The van der Waals surface area contributed by atoms with Crippen molar-refractivity contribution >= 4 is 5.96 Å². The molecule has 0 heterocycles. The molecule has 5 nitrogen and oxygen atoms in total. The monoisotopic (exact) mass is 240 g/mol. The highest BCUT2D eigenvalue weighted by molar-refractivity contribution is 5.80. The van der Waals surface area contributed by atoms with Crippen molar-refractivity contribution in [1.82, 2.24) is 10.3 Å². The van der Waals surface area contributed by atoms with Crippen LogP contribution in [-0.2, 0) is 4.74 Å². The van der Waals surface area contributed by atoms with E-state index in [9.17, 15) is 0 Å². The Balaban J connectivity index is 1.83. The SMILES string of the molecule is COCCCN=C(NN)N(CC1CC1)C1CC1. The lowest BCUT2D eigenvalue weighted by atomic mass is 10.3. The first-order valence-corrected chi connectivity index (χ1v) is 6.61. The van der Waals surface area contributed by atoms with Crippen molar-refractivity contribution in [2.75, 3.05) is 26.8 Å². The molecule has 2 aliphatic carbocycles. The van der Waals surface area contributed by atoms with Gasteiger partial charge in [0, 0.05) is 32.8 Å². The second-order valence-electron chi connectivity index (χ2n) is 5.02. The number of hydrogen-bond acceptors (Lipinski definition) is 3. The van der Waals surface area contributed by atoms with Crippen molar-refractivity contribution in [1.29, 1.82) is 0 Å². The number of nitrogens with zero attached hydrogens (tertiary/aromatic N) is 2. The van der Waals surface area contributed by atoms with Gasteiger partial charge >= 0.3 is 0 Å². The summed E-state index contributed by atoms with van der Waals surface area (Å²) in [7, 11) is 1.72. The van der Waals surface area contributed by atoms with Gasteiger partial charge in [-0.05, 0) is 38.0 Å². The lowest BCUT2D eigenvalue weighted by molar-refractivity contribution is 0.196. The predicted octanol–water partition coefficient (Wildman–Crippen LogP) is 0.717. The zero-order valence-electron chi connectivity index (χ0n) is 10.7. The van der Waals surface area contributed by atoms with Crippen LogP contribution in [0.2, 0.25) is 0 Å².